The average molecular weight is 256 g/mol. The number of carbonyl (C=O) groups excluding carboxylic acids is 2. The average Bonchev–Trinajstić information content (AvgIpc) is 2.46. The molecule has 0 atom stereocenters. The first-order chi connectivity index (χ1) is 9.16. The van der Waals surface area contributed by atoms with Crippen molar-refractivity contribution < 1.29 is 19.4 Å². The van der Waals surface area contributed by atoms with Gasteiger partial charge in [0.25, 0.3) is 0 Å². The van der Waals surface area contributed by atoms with Gasteiger partial charge in [0.1, 0.15) is 0 Å². The Morgan fingerprint density at radius 3 is 2.00 bits per heavy atom. The van der Waals surface area contributed by atoms with Crippen molar-refractivity contribution in [2.24, 2.45) is 0 Å². The summed E-state index contributed by atoms with van der Waals surface area (Å²) in [6.45, 7) is 1.24. The van der Waals surface area contributed by atoms with E-state index in [1.54, 1.807) is 36.4 Å². The minimum Gasteiger partial charge on any atom is -0.289 e. The van der Waals surface area contributed by atoms with Gasteiger partial charge in [0.2, 0.25) is 0 Å². The second kappa shape index (κ2) is 5.82. The molecule has 96 valence electrons. The number of carbonyl (C=O) groups is 2. The van der Waals surface area contributed by atoms with E-state index in [4.69, 9.17) is 4.89 Å². The summed E-state index contributed by atoms with van der Waals surface area (Å²) in [6.07, 6.45) is 0. The molecule has 0 saturated carbocycles. The molecule has 0 fully saturated rings. The maximum atomic E-state index is 12.1. The van der Waals surface area contributed by atoms with Crippen molar-refractivity contribution in [3.8, 4) is 5.75 Å². The van der Waals surface area contributed by atoms with Gasteiger partial charge in [-0.05, 0) is 24.3 Å². The number of hydrogen-bond acceptors (Lipinski definition) is 4. The fraction of sp³-hybridized carbons (Fsp3) is 0.0667. The molecule has 0 saturated heterocycles. The molecule has 0 aliphatic carbocycles. The lowest BCUT2D eigenvalue weighted by Crippen LogP contribution is -2.04. The fourth-order valence-electron chi connectivity index (χ4n) is 1.52. The highest BCUT2D eigenvalue weighted by atomic mass is 17.2. The van der Waals surface area contributed by atoms with Crippen molar-refractivity contribution >= 4 is 11.8 Å². The molecule has 0 aliphatic rings. The van der Waals surface area contributed by atoms with Gasteiger partial charge in [-0.1, -0.05) is 30.3 Å². The van der Waals surface area contributed by atoms with E-state index in [2.05, 4.69) is 4.89 Å². The highest BCUT2D eigenvalue weighted by molar-refractivity contribution is 6.08. The Morgan fingerprint density at radius 2 is 1.42 bits per heavy atom. The van der Waals surface area contributed by atoms with Crippen LogP contribution in [0.3, 0.4) is 0 Å². The molecule has 0 aromatic heterocycles. The zero-order chi connectivity index (χ0) is 13.7. The molecule has 2 aromatic carbocycles. The Labute approximate surface area is 110 Å². The summed E-state index contributed by atoms with van der Waals surface area (Å²) in [6, 6.07) is 15.4. The predicted molar refractivity (Wildman–Crippen MR) is 68.7 cm³/mol. The monoisotopic (exact) mass is 256 g/mol. The summed E-state index contributed by atoms with van der Waals surface area (Å²) in [5.41, 5.74) is 1.16. The maximum Gasteiger partial charge on any atom is 0.352 e. The molecule has 0 heterocycles. The minimum absolute atomic E-state index is 0.0698. The van der Waals surface area contributed by atoms with Gasteiger partial charge < -0.3 is 0 Å². The van der Waals surface area contributed by atoms with Crippen LogP contribution in [0.25, 0.3) is 0 Å². The highest BCUT2D eigenvalue weighted by Crippen LogP contribution is 2.15. The van der Waals surface area contributed by atoms with Gasteiger partial charge in [0.15, 0.2) is 11.5 Å². The van der Waals surface area contributed by atoms with Crippen molar-refractivity contribution in [2.45, 2.75) is 6.92 Å². The molecule has 0 unspecified atom stereocenters. The molecular formula is C15H12O4. The van der Waals surface area contributed by atoms with Crippen LogP contribution < -0.4 is 4.89 Å². The first-order valence-electron chi connectivity index (χ1n) is 5.72. The number of ketones is 1. The smallest absolute Gasteiger partial charge is 0.289 e. The Bertz CT molecular complexity index is 573. The van der Waals surface area contributed by atoms with Gasteiger partial charge in [0, 0.05) is 18.1 Å². The summed E-state index contributed by atoms with van der Waals surface area (Å²) in [5, 5.41) is 0. The lowest BCUT2D eigenvalue weighted by molar-refractivity contribution is -0.210. The normalized spacial score (nSPS) is 9.74. The zero-order valence-corrected chi connectivity index (χ0v) is 10.3. The van der Waals surface area contributed by atoms with Gasteiger partial charge in [-0.2, -0.15) is 0 Å². The second-order valence-electron chi connectivity index (χ2n) is 3.88. The van der Waals surface area contributed by atoms with Crippen LogP contribution in [0.4, 0.5) is 0 Å². The Balaban J connectivity index is 2.10. The molecule has 0 N–H and O–H groups in total. The van der Waals surface area contributed by atoms with Crippen LogP contribution in [-0.2, 0) is 9.68 Å². The standard InChI is InChI=1S/C15H12O4/c1-11(16)18-19-14-9-7-13(8-10-14)15(17)12-5-3-2-4-6-12/h2-10H,1H3. The first-order valence-corrected chi connectivity index (χ1v) is 5.72. The van der Waals surface area contributed by atoms with Gasteiger partial charge in [-0.3, -0.25) is 14.6 Å². The molecule has 0 spiro atoms. The molecule has 4 nitrogen and oxygen atoms in total. The molecule has 2 aromatic rings. The summed E-state index contributed by atoms with van der Waals surface area (Å²) in [5.74, 6) is -0.246. The third-order valence-electron chi connectivity index (χ3n) is 2.41. The third kappa shape index (κ3) is 3.42. The summed E-state index contributed by atoms with van der Waals surface area (Å²) >= 11 is 0. The molecule has 0 bridgehead atoms. The largest absolute Gasteiger partial charge is 0.352 e. The molecule has 2 rings (SSSR count). The number of benzene rings is 2. The summed E-state index contributed by atoms with van der Waals surface area (Å²) in [4.78, 5) is 31.8. The predicted octanol–water partition coefficient (Wildman–Crippen LogP) is 2.77. The molecule has 4 heteroatoms. The SMILES string of the molecule is CC(=O)OOc1ccc(C(=O)c2ccccc2)cc1. The number of rotatable bonds is 4. The number of hydrogen-bond donors (Lipinski definition) is 0. The van der Waals surface area contributed by atoms with Gasteiger partial charge in [-0.15, -0.1) is 0 Å². The topological polar surface area (TPSA) is 52.6 Å². The highest BCUT2D eigenvalue weighted by Gasteiger charge is 2.08. The van der Waals surface area contributed by atoms with E-state index < -0.39 is 5.97 Å². The van der Waals surface area contributed by atoms with Gasteiger partial charge in [0.05, 0.1) is 0 Å². The van der Waals surface area contributed by atoms with E-state index in [-0.39, 0.29) is 5.78 Å². The second-order valence-corrected chi connectivity index (χ2v) is 3.88. The third-order valence-corrected chi connectivity index (χ3v) is 2.41. The maximum absolute atomic E-state index is 12.1. The molecule has 19 heavy (non-hydrogen) atoms. The van der Waals surface area contributed by atoms with Crippen molar-refractivity contribution in [1.82, 2.24) is 0 Å². The molecule has 0 aliphatic heterocycles. The summed E-state index contributed by atoms with van der Waals surface area (Å²) in [7, 11) is 0. The zero-order valence-electron chi connectivity index (χ0n) is 10.3. The van der Waals surface area contributed by atoms with E-state index in [0.717, 1.165) is 0 Å². The lowest BCUT2D eigenvalue weighted by atomic mass is 10.0. The van der Waals surface area contributed by atoms with Crippen molar-refractivity contribution in [1.29, 1.82) is 0 Å². The van der Waals surface area contributed by atoms with Crippen LogP contribution in [-0.4, -0.2) is 11.8 Å². The van der Waals surface area contributed by atoms with Crippen LogP contribution in [0.5, 0.6) is 5.75 Å². The quantitative estimate of drug-likeness (QED) is 0.479. The lowest BCUT2D eigenvalue weighted by Gasteiger charge is -2.04. The van der Waals surface area contributed by atoms with Crippen molar-refractivity contribution in [3.05, 3.63) is 65.7 Å². The van der Waals surface area contributed by atoms with Gasteiger partial charge in [-0.25, -0.2) is 4.79 Å². The Hall–Kier alpha value is -2.62. The van der Waals surface area contributed by atoms with Crippen molar-refractivity contribution in [2.75, 3.05) is 0 Å². The van der Waals surface area contributed by atoms with E-state index in [0.29, 0.717) is 16.9 Å². The van der Waals surface area contributed by atoms with Crippen LogP contribution in [0.2, 0.25) is 0 Å². The summed E-state index contributed by atoms with van der Waals surface area (Å²) < 4.78 is 0. The van der Waals surface area contributed by atoms with Crippen LogP contribution in [0.15, 0.2) is 54.6 Å². The molecule has 0 amide bonds. The van der Waals surface area contributed by atoms with E-state index in [1.807, 2.05) is 18.2 Å². The minimum atomic E-state index is -0.538. The molecule has 0 radical (unpaired) electrons. The van der Waals surface area contributed by atoms with Gasteiger partial charge >= 0.3 is 5.97 Å². The fourth-order valence-corrected chi connectivity index (χ4v) is 1.52. The molecular weight excluding hydrogens is 244 g/mol. The first kappa shape index (κ1) is 12.8. The van der Waals surface area contributed by atoms with Crippen LogP contribution in [0.1, 0.15) is 22.8 Å². The van der Waals surface area contributed by atoms with Crippen molar-refractivity contribution in [3.63, 3.8) is 0 Å². The Kier molecular flexibility index (Phi) is 3.93. The van der Waals surface area contributed by atoms with E-state index in [9.17, 15) is 9.59 Å². The van der Waals surface area contributed by atoms with E-state index >= 15 is 0 Å². The van der Waals surface area contributed by atoms with E-state index in [1.165, 1.54) is 6.92 Å². The van der Waals surface area contributed by atoms with Crippen LogP contribution in [0, 0.1) is 0 Å². The van der Waals surface area contributed by atoms with Crippen LogP contribution >= 0.6 is 0 Å². The Morgan fingerprint density at radius 1 is 0.842 bits per heavy atom.